The number of rotatable bonds is 7. The van der Waals surface area contributed by atoms with Crippen molar-refractivity contribution in [1.29, 1.82) is 0 Å². The maximum Gasteiger partial charge on any atom is 0.308 e. The van der Waals surface area contributed by atoms with Crippen LogP contribution >= 0.6 is 0 Å². The molecule has 132 valence electrons. The van der Waals surface area contributed by atoms with Gasteiger partial charge in [0.05, 0.1) is 12.7 Å². The summed E-state index contributed by atoms with van der Waals surface area (Å²) in [6.07, 6.45) is 0.482. The van der Waals surface area contributed by atoms with Gasteiger partial charge in [-0.3, -0.25) is 14.4 Å². The first-order chi connectivity index (χ1) is 11.9. The fourth-order valence-corrected chi connectivity index (χ4v) is 2.21. The summed E-state index contributed by atoms with van der Waals surface area (Å²) in [6.45, 7) is 5.52. The van der Waals surface area contributed by atoms with Crippen LogP contribution in [0.4, 0.5) is 0 Å². The molecule has 1 aromatic heterocycles. The predicted octanol–water partition coefficient (Wildman–Crippen LogP) is 2.83. The molecule has 2 rings (SSSR count). The number of aryl methyl sites for hydroxylation is 2. The molecule has 0 aliphatic rings. The van der Waals surface area contributed by atoms with E-state index in [4.69, 9.17) is 9.15 Å². The summed E-state index contributed by atoms with van der Waals surface area (Å²) in [6, 6.07) is 8.49. The van der Waals surface area contributed by atoms with E-state index >= 15 is 0 Å². The third kappa shape index (κ3) is 5.04. The average molecular weight is 343 g/mol. The van der Waals surface area contributed by atoms with Gasteiger partial charge in [0.15, 0.2) is 11.9 Å². The van der Waals surface area contributed by atoms with Crippen molar-refractivity contribution in [2.45, 2.75) is 33.3 Å². The van der Waals surface area contributed by atoms with Crippen LogP contribution in [0, 0.1) is 13.8 Å². The molecular formula is C19H21NO5. The van der Waals surface area contributed by atoms with Crippen LogP contribution in [0.15, 0.2) is 41.0 Å². The van der Waals surface area contributed by atoms with E-state index in [1.54, 1.807) is 18.2 Å². The summed E-state index contributed by atoms with van der Waals surface area (Å²) in [7, 11) is 0. The number of nitrogens with one attached hydrogen (secondary N) is 1. The number of esters is 1. The highest BCUT2D eigenvalue weighted by Gasteiger charge is 2.20. The number of ether oxygens (including phenoxy) is 1. The second kappa shape index (κ2) is 8.28. The molecule has 1 amide bonds. The van der Waals surface area contributed by atoms with Crippen LogP contribution in [-0.4, -0.2) is 30.3 Å². The lowest BCUT2D eigenvalue weighted by Crippen LogP contribution is -2.29. The number of amides is 1. The van der Waals surface area contributed by atoms with Crippen LogP contribution in [0.1, 0.15) is 45.4 Å². The van der Waals surface area contributed by atoms with Crippen molar-refractivity contribution in [1.82, 2.24) is 5.32 Å². The molecule has 1 heterocycles. The van der Waals surface area contributed by atoms with E-state index in [1.807, 2.05) is 19.9 Å². The van der Waals surface area contributed by atoms with Crippen LogP contribution in [0.25, 0.3) is 0 Å². The fourth-order valence-electron chi connectivity index (χ4n) is 2.21. The molecule has 2 aromatic rings. The van der Waals surface area contributed by atoms with Crippen molar-refractivity contribution < 1.29 is 23.5 Å². The Bertz CT molecular complexity index is 764. The SMILES string of the molecule is Cc1ccc(C(=O)[C@H](C)OC(=O)CCNC(=O)c2ccco2)cc1C. The van der Waals surface area contributed by atoms with Crippen LogP contribution in [-0.2, 0) is 9.53 Å². The van der Waals surface area contributed by atoms with Gasteiger partial charge in [0.2, 0.25) is 5.78 Å². The molecule has 0 unspecified atom stereocenters. The normalized spacial score (nSPS) is 11.6. The molecule has 1 atom stereocenters. The molecule has 0 saturated carbocycles. The first kappa shape index (κ1) is 18.4. The van der Waals surface area contributed by atoms with Gasteiger partial charge in [0.25, 0.3) is 5.91 Å². The van der Waals surface area contributed by atoms with Crippen molar-refractivity contribution >= 4 is 17.7 Å². The summed E-state index contributed by atoms with van der Waals surface area (Å²) in [4.78, 5) is 35.8. The van der Waals surface area contributed by atoms with E-state index < -0.39 is 18.0 Å². The molecule has 6 heteroatoms. The van der Waals surface area contributed by atoms with E-state index in [-0.39, 0.29) is 24.5 Å². The van der Waals surface area contributed by atoms with Gasteiger partial charge in [-0.05, 0) is 50.1 Å². The summed E-state index contributed by atoms with van der Waals surface area (Å²) < 4.78 is 10.1. The summed E-state index contributed by atoms with van der Waals surface area (Å²) in [5, 5.41) is 2.55. The zero-order valence-corrected chi connectivity index (χ0v) is 14.5. The lowest BCUT2D eigenvalue weighted by atomic mass is 10.0. The predicted molar refractivity (Wildman–Crippen MR) is 91.5 cm³/mol. The number of benzene rings is 1. The molecule has 6 nitrogen and oxygen atoms in total. The first-order valence-electron chi connectivity index (χ1n) is 8.01. The van der Waals surface area contributed by atoms with Crippen LogP contribution in [0.5, 0.6) is 0 Å². The molecule has 0 saturated heterocycles. The lowest BCUT2D eigenvalue weighted by Gasteiger charge is -2.13. The van der Waals surface area contributed by atoms with E-state index in [0.717, 1.165) is 11.1 Å². The average Bonchev–Trinajstić information content (AvgIpc) is 3.11. The molecule has 0 radical (unpaired) electrons. The van der Waals surface area contributed by atoms with Crippen molar-refractivity contribution in [3.05, 3.63) is 59.0 Å². The van der Waals surface area contributed by atoms with Crippen molar-refractivity contribution in [2.75, 3.05) is 6.54 Å². The Labute approximate surface area is 146 Å². The molecule has 0 spiro atoms. The number of furan rings is 1. The largest absolute Gasteiger partial charge is 0.459 e. The minimum atomic E-state index is -0.879. The number of carbonyl (C=O) groups excluding carboxylic acids is 3. The number of Topliss-reactive ketones (excluding diaryl/α,β-unsaturated/α-hetero) is 1. The molecule has 1 N–H and O–H groups in total. The van der Waals surface area contributed by atoms with Crippen LogP contribution < -0.4 is 5.32 Å². The Hall–Kier alpha value is -2.89. The minimum absolute atomic E-state index is 0.0308. The van der Waals surface area contributed by atoms with Crippen molar-refractivity contribution in [2.24, 2.45) is 0 Å². The Kier molecular flexibility index (Phi) is 6.11. The van der Waals surface area contributed by atoms with Gasteiger partial charge in [-0.25, -0.2) is 0 Å². The quantitative estimate of drug-likeness (QED) is 0.617. The van der Waals surface area contributed by atoms with Crippen LogP contribution in [0.3, 0.4) is 0 Å². The number of hydrogen-bond donors (Lipinski definition) is 1. The Morgan fingerprint density at radius 1 is 1.16 bits per heavy atom. The van der Waals surface area contributed by atoms with Gasteiger partial charge in [-0.2, -0.15) is 0 Å². The third-order valence-corrected chi connectivity index (χ3v) is 3.83. The number of carbonyl (C=O) groups is 3. The Morgan fingerprint density at radius 3 is 2.56 bits per heavy atom. The molecule has 25 heavy (non-hydrogen) atoms. The topological polar surface area (TPSA) is 85.6 Å². The van der Waals surface area contributed by atoms with Gasteiger partial charge < -0.3 is 14.5 Å². The Morgan fingerprint density at radius 2 is 1.92 bits per heavy atom. The highest BCUT2D eigenvalue weighted by molar-refractivity contribution is 6.00. The zero-order valence-electron chi connectivity index (χ0n) is 14.5. The van der Waals surface area contributed by atoms with E-state index in [9.17, 15) is 14.4 Å². The third-order valence-electron chi connectivity index (χ3n) is 3.83. The van der Waals surface area contributed by atoms with E-state index in [2.05, 4.69) is 5.32 Å². The highest BCUT2D eigenvalue weighted by atomic mass is 16.5. The highest BCUT2D eigenvalue weighted by Crippen LogP contribution is 2.13. The minimum Gasteiger partial charge on any atom is -0.459 e. The van der Waals surface area contributed by atoms with Gasteiger partial charge in [0, 0.05) is 12.1 Å². The van der Waals surface area contributed by atoms with Crippen LogP contribution in [0.2, 0.25) is 0 Å². The van der Waals surface area contributed by atoms with Crippen molar-refractivity contribution in [3.8, 4) is 0 Å². The molecule has 0 fully saturated rings. The summed E-state index contributed by atoms with van der Waals surface area (Å²) >= 11 is 0. The van der Waals surface area contributed by atoms with Gasteiger partial charge in [0.1, 0.15) is 0 Å². The second-order valence-corrected chi connectivity index (χ2v) is 5.78. The Balaban J connectivity index is 1.80. The molecule has 0 bridgehead atoms. The van der Waals surface area contributed by atoms with Gasteiger partial charge in [-0.15, -0.1) is 0 Å². The summed E-state index contributed by atoms with van der Waals surface area (Å²) in [5.41, 5.74) is 2.60. The van der Waals surface area contributed by atoms with Gasteiger partial charge in [-0.1, -0.05) is 12.1 Å². The van der Waals surface area contributed by atoms with Crippen molar-refractivity contribution in [3.63, 3.8) is 0 Å². The van der Waals surface area contributed by atoms with E-state index in [1.165, 1.54) is 19.3 Å². The first-order valence-corrected chi connectivity index (χ1v) is 8.01. The van der Waals surface area contributed by atoms with E-state index in [0.29, 0.717) is 5.56 Å². The second-order valence-electron chi connectivity index (χ2n) is 5.78. The summed E-state index contributed by atoms with van der Waals surface area (Å²) in [5.74, 6) is -1.04. The molecular weight excluding hydrogens is 322 g/mol. The van der Waals surface area contributed by atoms with Gasteiger partial charge >= 0.3 is 5.97 Å². The molecule has 1 aromatic carbocycles. The standard InChI is InChI=1S/C19H21NO5/c1-12-6-7-15(11-13(12)2)18(22)14(3)25-17(21)8-9-20-19(23)16-5-4-10-24-16/h4-7,10-11,14H,8-9H2,1-3H3,(H,20,23)/t14-/m0/s1. The zero-order chi connectivity index (χ0) is 18.4. The molecule has 0 aliphatic heterocycles. The molecule has 0 aliphatic carbocycles. The smallest absolute Gasteiger partial charge is 0.308 e. The number of ketones is 1. The number of hydrogen-bond acceptors (Lipinski definition) is 5. The maximum absolute atomic E-state index is 12.3. The maximum atomic E-state index is 12.3. The fraction of sp³-hybridized carbons (Fsp3) is 0.316. The lowest BCUT2D eigenvalue weighted by molar-refractivity contribution is -0.146. The monoisotopic (exact) mass is 343 g/mol.